The zero-order chi connectivity index (χ0) is 8.72. The lowest BCUT2D eigenvalue weighted by atomic mass is 10.2. The summed E-state index contributed by atoms with van der Waals surface area (Å²) >= 11 is 0. The van der Waals surface area contributed by atoms with Gasteiger partial charge in [0.15, 0.2) is 11.5 Å². The van der Waals surface area contributed by atoms with E-state index in [-0.39, 0.29) is 0 Å². The van der Waals surface area contributed by atoms with E-state index in [1.165, 1.54) is 0 Å². The Hall–Kier alpha value is -1.32. The Labute approximate surface area is 70.6 Å². The molecule has 2 aromatic heterocycles. The van der Waals surface area contributed by atoms with E-state index in [4.69, 9.17) is 0 Å². The van der Waals surface area contributed by atoms with Crippen molar-refractivity contribution >= 4 is 5.65 Å². The average Bonchev–Trinajstić information content (AvgIpc) is 2.42. The molecule has 0 saturated carbocycles. The molecule has 0 aliphatic heterocycles. The highest BCUT2D eigenvalue weighted by molar-refractivity contribution is 5.38. The molecule has 0 unspecified atom stereocenters. The lowest BCUT2D eigenvalue weighted by molar-refractivity contribution is 0.725. The van der Waals surface area contributed by atoms with Crippen molar-refractivity contribution in [1.82, 2.24) is 19.8 Å². The molecular weight excluding hydrogens is 152 g/mol. The average molecular weight is 164 g/mol. The Kier molecular flexibility index (Phi) is 1.43. The normalized spacial score (nSPS) is 11.7. The third-order valence-electron chi connectivity index (χ3n) is 1.79. The van der Waals surface area contributed by atoms with Crippen molar-refractivity contribution in [2.75, 3.05) is 0 Å². The van der Waals surface area contributed by atoms with Crippen LogP contribution in [0.25, 0.3) is 5.65 Å². The van der Waals surface area contributed by atoms with Crippen LogP contribution in [0.1, 0.15) is 31.3 Å². The van der Waals surface area contributed by atoms with Gasteiger partial charge in [-0.15, -0.1) is 5.10 Å². The summed E-state index contributed by atoms with van der Waals surface area (Å²) in [5.74, 6) is 1.28. The number of nitrogens with one attached hydrogen (secondary N) is 1. The molecule has 0 atom stereocenters. The maximum absolute atomic E-state index is 4.35. The monoisotopic (exact) mass is 164 g/mol. The van der Waals surface area contributed by atoms with Crippen LogP contribution in [0.4, 0.5) is 0 Å². The number of H-pyrrole nitrogens is 1. The van der Waals surface area contributed by atoms with Crippen LogP contribution in [0.3, 0.4) is 0 Å². The molecule has 0 fully saturated rings. The molecule has 2 heterocycles. The molecule has 0 radical (unpaired) electrons. The quantitative estimate of drug-likeness (QED) is 0.694. The van der Waals surface area contributed by atoms with Crippen molar-refractivity contribution in [3.05, 3.63) is 17.6 Å². The number of fused-ring (bicyclic) bond motifs is 1. The van der Waals surface area contributed by atoms with Crippen LogP contribution in [0.15, 0.2) is 6.07 Å². The van der Waals surface area contributed by atoms with Gasteiger partial charge in [0.25, 0.3) is 0 Å². The molecule has 0 aliphatic carbocycles. The second-order valence-corrected chi connectivity index (χ2v) is 3.33. The molecule has 0 bridgehead atoms. The smallest absolute Gasteiger partial charge is 0.175 e. The second kappa shape index (κ2) is 2.33. The Balaban J connectivity index is 2.57. The maximum Gasteiger partial charge on any atom is 0.175 e. The van der Waals surface area contributed by atoms with Crippen LogP contribution < -0.4 is 0 Å². The van der Waals surface area contributed by atoms with E-state index in [1.54, 1.807) is 4.63 Å². The molecule has 4 nitrogen and oxygen atoms in total. The third kappa shape index (κ3) is 0.995. The summed E-state index contributed by atoms with van der Waals surface area (Å²) in [5.41, 5.74) is 1.98. The first-order valence-electron chi connectivity index (χ1n) is 4.09. The fraction of sp³-hybridized carbons (Fsp3) is 0.500. The number of aryl methyl sites for hydroxylation is 1. The van der Waals surface area contributed by atoms with Gasteiger partial charge in [0.05, 0.1) is 0 Å². The van der Waals surface area contributed by atoms with E-state index in [9.17, 15) is 0 Å². The Bertz CT molecular complexity index is 365. The first-order valence-corrected chi connectivity index (χ1v) is 4.09. The molecule has 2 rings (SSSR count). The van der Waals surface area contributed by atoms with Gasteiger partial charge in [0.2, 0.25) is 0 Å². The lowest BCUT2D eigenvalue weighted by Gasteiger charge is -1.93. The zero-order valence-electron chi connectivity index (χ0n) is 7.50. The molecule has 4 heteroatoms. The van der Waals surface area contributed by atoms with Crippen LogP contribution in [0.5, 0.6) is 0 Å². The van der Waals surface area contributed by atoms with E-state index >= 15 is 0 Å². The molecule has 0 amide bonds. The Morgan fingerprint density at radius 1 is 1.50 bits per heavy atom. The van der Waals surface area contributed by atoms with Gasteiger partial charge in [0, 0.05) is 17.7 Å². The number of hydrogen-bond acceptors (Lipinski definition) is 2. The Morgan fingerprint density at radius 2 is 2.25 bits per heavy atom. The summed E-state index contributed by atoms with van der Waals surface area (Å²) in [6.45, 7) is 6.16. The van der Waals surface area contributed by atoms with Gasteiger partial charge in [0.1, 0.15) is 0 Å². The van der Waals surface area contributed by atoms with E-state index in [2.05, 4.69) is 29.0 Å². The first kappa shape index (κ1) is 7.34. The highest BCUT2D eigenvalue weighted by Gasteiger charge is 2.07. The highest BCUT2D eigenvalue weighted by Crippen LogP contribution is 2.10. The Morgan fingerprint density at radius 3 is 2.83 bits per heavy atom. The van der Waals surface area contributed by atoms with E-state index in [0.717, 1.165) is 17.2 Å². The zero-order valence-corrected chi connectivity index (χ0v) is 7.50. The van der Waals surface area contributed by atoms with Crippen molar-refractivity contribution in [3.8, 4) is 0 Å². The van der Waals surface area contributed by atoms with Crippen molar-refractivity contribution in [2.24, 2.45) is 0 Å². The number of hydrogen-bond donors (Lipinski definition) is 1. The van der Waals surface area contributed by atoms with E-state index in [1.807, 2.05) is 13.0 Å². The van der Waals surface area contributed by atoms with Gasteiger partial charge in [-0.3, -0.25) is 5.10 Å². The molecular formula is C8H12N4. The summed E-state index contributed by atoms with van der Waals surface area (Å²) in [4.78, 5) is 4.35. The molecule has 0 spiro atoms. The summed E-state index contributed by atoms with van der Waals surface area (Å²) in [5, 5.41) is 7.36. The van der Waals surface area contributed by atoms with Gasteiger partial charge in [-0.2, -0.15) is 4.63 Å². The molecule has 0 aromatic carbocycles. The molecule has 1 N–H and O–H groups in total. The minimum absolute atomic E-state index is 0.388. The van der Waals surface area contributed by atoms with Gasteiger partial charge in [-0.05, 0) is 6.92 Å². The van der Waals surface area contributed by atoms with Crippen molar-refractivity contribution in [2.45, 2.75) is 26.7 Å². The minimum Gasteiger partial charge on any atom is -0.281 e. The molecule has 12 heavy (non-hydrogen) atoms. The maximum atomic E-state index is 4.35. The van der Waals surface area contributed by atoms with E-state index < -0.39 is 0 Å². The van der Waals surface area contributed by atoms with Crippen LogP contribution in [0, 0.1) is 6.92 Å². The summed E-state index contributed by atoms with van der Waals surface area (Å²) in [6.07, 6.45) is 0. The number of aromatic nitrogens is 4. The van der Waals surface area contributed by atoms with Gasteiger partial charge in [-0.1, -0.05) is 13.8 Å². The topological polar surface area (TPSA) is 46.0 Å². The lowest BCUT2D eigenvalue weighted by Crippen LogP contribution is -1.93. The predicted octanol–water partition coefficient (Wildman–Crippen LogP) is 1.49. The van der Waals surface area contributed by atoms with Crippen molar-refractivity contribution in [1.29, 1.82) is 0 Å². The van der Waals surface area contributed by atoms with Crippen LogP contribution >= 0.6 is 0 Å². The third-order valence-corrected chi connectivity index (χ3v) is 1.79. The predicted molar refractivity (Wildman–Crippen MR) is 46.2 cm³/mol. The van der Waals surface area contributed by atoms with Gasteiger partial charge in [-0.25, -0.2) is 4.98 Å². The summed E-state index contributed by atoms with van der Waals surface area (Å²) in [7, 11) is 0. The molecule has 64 valence electrons. The molecule has 0 saturated heterocycles. The van der Waals surface area contributed by atoms with E-state index in [0.29, 0.717) is 5.92 Å². The van der Waals surface area contributed by atoms with Crippen LogP contribution in [-0.4, -0.2) is 19.8 Å². The van der Waals surface area contributed by atoms with Crippen LogP contribution in [0.2, 0.25) is 0 Å². The minimum atomic E-state index is 0.388. The fourth-order valence-electron chi connectivity index (χ4n) is 1.15. The largest absolute Gasteiger partial charge is 0.281 e. The number of nitrogens with zero attached hydrogens (tertiary/aromatic N) is 3. The number of rotatable bonds is 1. The SMILES string of the molecule is Cc1cc2nc(C(C)C)nn2[nH]1. The fourth-order valence-corrected chi connectivity index (χ4v) is 1.15. The standard InChI is InChI=1S/C8H12N4/c1-5(2)8-9-7-4-6(3)10-12(7)11-8/h4-5,10H,1-3H3. The molecule has 2 aromatic rings. The molecule has 0 aliphatic rings. The second-order valence-electron chi connectivity index (χ2n) is 3.33. The van der Waals surface area contributed by atoms with Crippen molar-refractivity contribution in [3.63, 3.8) is 0 Å². The first-order chi connectivity index (χ1) is 5.66. The highest BCUT2D eigenvalue weighted by atomic mass is 15.5. The van der Waals surface area contributed by atoms with Gasteiger partial charge >= 0.3 is 0 Å². The summed E-state index contributed by atoms with van der Waals surface area (Å²) < 4.78 is 1.71. The number of aromatic amines is 1. The van der Waals surface area contributed by atoms with Crippen molar-refractivity contribution < 1.29 is 0 Å². The van der Waals surface area contributed by atoms with Crippen LogP contribution in [-0.2, 0) is 0 Å². The van der Waals surface area contributed by atoms with Gasteiger partial charge < -0.3 is 0 Å². The summed E-state index contributed by atoms with van der Waals surface area (Å²) in [6, 6.07) is 1.98.